The third-order valence-corrected chi connectivity index (χ3v) is 8.51. The van der Waals surface area contributed by atoms with E-state index in [0.29, 0.717) is 15.8 Å². The van der Waals surface area contributed by atoms with Crippen LogP contribution in [0.4, 0.5) is 5.69 Å². The summed E-state index contributed by atoms with van der Waals surface area (Å²) in [6.45, 7) is 5.60. The molecule has 2 aliphatic rings. The molecular weight excluding hydrogens is 477 g/mol. The monoisotopic (exact) mass is 500 g/mol. The Balaban J connectivity index is 1.57. The Morgan fingerprint density at radius 2 is 1.65 bits per heavy atom. The smallest absolute Gasteiger partial charge is 0.266 e. The minimum atomic E-state index is -0.0156. The molecule has 170 valence electrons. The normalized spacial score (nSPS) is 18.6. The van der Waals surface area contributed by atoms with Gasteiger partial charge < -0.3 is 4.90 Å². The Bertz CT molecular complexity index is 1370. The quantitative estimate of drug-likeness (QED) is 0.267. The number of carbonyl (C=O) groups excluding carboxylic acids is 1. The summed E-state index contributed by atoms with van der Waals surface area (Å²) in [5.41, 5.74) is 3.41. The lowest BCUT2D eigenvalue weighted by atomic mass is 10.1. The van der Waals surface area contributed by atoms with Gasteiger partial charge in [-0.3, -0.25) is 9.69 Å². The molecule has 34 heavy (non-hydrogen) atoms. The zero-order valence-electron chi connectivity index (χ0n) is 19.0. The summed E-state index contributed by atoms with van der Waals surface area (Å²) >= 11 is 8.56. The van der Waals surface area contributed by atoms with Crippen LogP contribution in [0.15, 0.2) is 99.8 Å². The van der Waals surface area contributed by atoms with Gasteiger partial charge in [0.2, 0.25) is 0 Å². The molecule has 0 unspecified atom stereocenters. The first-order valence-corrected chi connectivity index (χ1v) is 13.3. The number of rotatable bonds is 5. The summed E-state index contributed by atoms with van der Waals surface area (Å²) in [5, 5.41) is 3.71. The average Bonchev–Trinajstić information content (AvgIpc) is 3.37. The van der Waals surface area contributed by atoms with Gasteiger partial charge in [-0.05, 0) is 54.0 Å². The van der Waals surface area contributed by atoms with E-state index in [0.717, 1.165) is 17.7 Å². The number of hydrogen-bond acceptors (Lipinski definition) is 5. The van der Waals surface area contributed by atoms with Crippen molar-refractivity contribution in [2.45, 2.75) is 18.7 Å². The summed E-state index contributed by atoms with van der Waals surface area (Å²) < 4.78 is 0.623. The molecule has 5 rings (SSSR count). The first-order chi connectivity index (χ1) is 16.6. The number of fused-ring (bicyclic) bond motifs is 3. The van der Waals surface area contributed by atoms with E-state index in [2.05, 4.69) is 66.4 Å². The molecule has 0 atom stereocenters. The van der Waals surface area contributed by atoms with Gasteiger partial charge in [-0.1, -0.05) is 102 Å². The number of likely N-dealkylation sites (N-methyl/N-ethyl adjacent to an activating group) is 1. The van der Waals surface area contributed by atoms with E-state index in [4.69, 9.17) is 12.2 Å². The van der Waals surface area contributed by atoms with Crippen LogP contribution < -0.4 is 4.90 Å². The van der Waals surface area contributed by atoms with E-state index in [1.54, 1.807) is 4.90 Å². The van der Waals surface area contributed by atoms with Crippen LogP contribution in [0.25, 0.3) is 16.3 Å². The highest BCUT2D eigenvalue weighted by atomic mass is 32.2. The van der Waals surface area contributed by atoms with Crippen molar-refractivity contribution in [1.29, 1.82) is 0 Å². The van der Waals surface area contributed by atoms with Crippen LogP contribution in [0.2, 0.25) is 0 Å². The maximum atomic E-state index is 12.7. The molecule has 0 aliphatic carbocycles. The lowest BCUT2D eigenvalue weighted by Crippen LogP contribution is -2.27. The summed E-state index contributed by atoms with van der Waals surface area (Å²) in [4.78, 5) is 18.7. The van der Waals surface area contributed by atoms with Gasteiger partial charge in [0.1, 0.15) is 4.32 Å². The highest BCUT2D eigenvalue weighted by Crippen LogP contribution is 2.50. The Morgan fingerprint density at radius 3 is 2.38 bits per heavy atom. The maximum absolute atomic E-state index is 12.7. The molecule has 2 aliphatic heterocycles. The third-order valence-electron chi connectivity index (χ3n) is 5.93. The highest BCUT2D eigenvalue weighted by Gasteiger charge is 2.30. The molecule has 6 heteroatoms. The van der Waals surface area contributed by atoms with Gasteiger partial charge >= 0.3 is 0 Å². The van der Waals surface area contributed by atoms with Crippen molar-refractivity contribution in [3.8, 4) is 0 Å². The number of nitrogens with zero attached hydrogens (tertiary/aromatic N) is 2. The summed E-state index contributed by atoms with van der Waals surface area (Å²) in [6.07, 6.45) is 6.18. The Labute approximate surface area is 214 Å². The van der Waals surface area contributed by atoms with Crippen molar-refractivity contribution in [3.63, 3.8) is 0 Å². The van der Waals surface area contributed by atoms with Crippen LogP contribution in [0.3, 0.4) is 0 Å². The van der Waals surface area contributed by atoms with E-state index in [9.17, 15) is 4.79 Å². The van der Waals surface area contributed by atoms with Crippen LogP contribution in [-0.2, 0) is 4.79 Å². The van der Waals surface area contributed by atoms with Crippen molar-refractivity contribution in [2.75, 3.05) is 18.0 Å². The molecule has 3 aromatic carbocycles. The van der Waals surface area contributed by atoms with E-state index in [1.807, 2.05) is 49.0 Å². The zero-order valence-corrected chi connectivity index (χ0v) is 21.5. The minimum Gasteiger partial charge on any atom is -0.335 e. The van der Waals surface area contributed by atoms with Gasteiger partial charge in [0.15, 0.2) is 0 Å². The lowest BCUT2D eigenvalue weighted by Gasteiger charge is -2.18. The molecular formula is C28H24N2OS3. The summed E-state index contributed by atoms with van der Waals surface area (Å²) in [7, 11) is 0. The largest absolute Gasteiger partial charge is 0.335 e. The van der Waals surface area contributed by atoms with Crippen LogP contribution in [0, 0.1) is 0 Å². The predicted octanol–water partition coefficient (Wildman–Crippen LogP) is 7.46. The Morgan fingerprint density at radius 1 is 0.912 bits per heavy atom. The number of amides is 1. The molecule has 0 radical (unpaired) electrons. The Hall–Kier alpha value is -2.80. The molecule has 0 bridgehead atoms. The van der Waals surface area contributed by atoms with Crippen molar-refractivity contribution in [1.82, 2.24) is 4.90 Å². The molecule has 0 aromatic heterocycles. The van der Waals surface area contributed by atoms with Gasteiger partial charge in [-0.15, -0.1) is 0 Å². The number of allylic oxidation sites excluding steroid dienone is 4. The van der Waals surface area contributed by atoms with Crippen LogP contribution in [0.1, 0.15) is 19.4 Å². The third kappa shape index (κ3) is 4.22. The fraction of sp³-hybridized carbons (Fsp3) is 0.143. The van der Waals surface area contributed by atoms with Crippen molar-refractivity contribution >= 4 is 68.0 Å². The second-order valence-corrected chi connectivity index (χ2v) is 10.6. The number of carbonyl (C=O) groups is 1. The molecule has 0 N–H and O–H groups in total. The second-order valence-electron chi connectivity index (χ2n) is 7.90. The molecule has 1 fully saturated rings. The van der Waals surface area contributed by atoms with E-state index < -0.39 is 0 Å². The van der Waals surface area contributed by atoms with Gasteiger partial charge in [0, 0.05) is 18.0 Å². The molecule has 3 nitrogen and oxygen atoms in total. The van der Waals surface area contributed by atoms with Crippen molar-refractivity contribution in [2.24, 2.45) is 0 Å². The maximum Gasteiger partial charge on any atom is 0.266 e. The molecule has 0 saturated carbocycles. The number of thioether (sulfide) groups is 2. The first-order valence-electron chi connectivity index (χ1n) is 11.3. The fourth-order valence-corrected chi connectivity index (χ4v) is 6.84. The Kier molecular flexibility index (Phi) is 6.63. The summed E-state index contributed by atoms with van der Waals surface area (Å²) in [6, 6.07) is 23.3. The van der Waals surface area contributed by atoms with Crippen LogP contribution in [-0.4, -0.2) is 28.2 Å². The van der Waals surface area contributed by atoms with Crippen molar-refractivity contribution in [3.05, 3.63) is 100 Å². The fourth-order valence-electron chi connectivity index (χ4n) is 4.21. The van der Waals surface area contributed by atoms with E-state index in [1.165, 1.54) is 38.1 Å². The lowest BCUT2D eigenvalue weighted by molar-refractivity contribution is -0.122. The highest BCUT2D eigenvalue weighted by molar-refractivity contribution is 8.26. The number of thiocarbonyl (C=S) groups is 1. The van der Waals surface area contributed by atoms with Crippen molar-refractivity contribution < 1.29 is 4.79 Å². The van der Waals surface area contributed by atoms with Gasteiger partial charge in [0.25, 0.3) is 5.91 Å². The first kappa shape index (κ1) is 23.0. The molecule has 1 amide bonds. The standard InChI is InChI=1S/C28H24N2OS3/c1-3-29-23-16-14-20-12-8-9-13-22(20)26(23)34-25(29)18-21(19-10-6-5-7-11-19)15-17-24-27(31)30(4-2)28(32)33-24/h5-18H,3-4H2,1-2H3. The number of anilines is 1. The van der Waals surface area contributed by atoms with Crippen LogP contribution in [0.5, 0.6) is 0 Å². The van der Waals surface area contributed by atoms with Gasteiger partial charge in [-0.25, -0.2) is 0 Å². The van der Waals surface area contributed by atoms with Gasteiger partial charge in [0.05, 0.1) is 15.6 Å². The van der Waals surface area contributed by atoms with Crippen LogP contribution >= 0.6 is 35.7 Å². The number of hydrogen-bond donors (Lipinski definition) is 0. The molecule has 1 saturated heterocycles. The molecule has 0 spiro atoms. The topological polar surface area (TPSA) is 23.6 Å². The summed E-state index contributed by atoms with van der Waals surface area (Å²) in [5.74, 6) is -0.0156. The van der Waals surface area contributed by atoms with E-state index >= 15 is 0 Å². The molecule has 2 heterocycles. The van der Waals surface area contributed by atoms with Gasteiger partial charge in [-0.2, -0.15) is 0 Å². The number of benzene rings is 3. The zero-order chi connectivity index (χ0) is 23.7. The predicted molar refractivity (Wildman–Crippen MR) is 151 cm³/mol. The average molecular weight is 501 g/mol. The molecule has 3 aromatic rings. The van der Waals surface area contributed by atoms with E-state index in [-0.39, 0.29) is 5.91 Å². The minimum absolute atomic E-state index is 0.0156. The second kappa shape index (κ2) is 9.82. The SMILES string of the molecule is CCN1C(=O)C(=CC=C(C=C2Sc3c(ccc4ccccc34)N2CC)c2ccccc2)SC1=S.